The molecule has 0 N–H and O–H groups in total. The first-order valence-corrected chi connectivity index (χ1v) is 7.56. The summed E-state index contributed by atoms with van der Waals surface area (Å²) in [5.74, 6) is 0.975. The molecule has 1 saturated heterocycles. The Morgan fingerprint density at radius 3 is 2.95 bits per heavy atom. The standard InChI is InChI=1S/C15H20N6O/c1-11-4-3-5-13(16-11)7-9-21-14(17-18-19-21)10-12-6-8-20(2)15(12)22/h3-5,12H,6-10H2,1-2H3. The zero-order valence-corrected chi connectivity index (χ0v) is 12.9. The highest BCUT2D eigenvalue weighted by Crippen LogP contribution is 2.20. The lowest BCUT2D eigenvalue weighted by Crippen LogP contribution is -2.24. The van der Waals surface area contributed by atoms with E-state index in [4.69, 9.17) is 0 Å². The minimum atomic E-state index is 0.00634. The lowest BCUT2D eigenvalue weighted by molar-refractivity contribution is -0.129. The SMILES string of the molecule is Cc1cccc(CCn2nnnc2CC2CCN(C)C2=O)n1. The van der Waals surface area contributed by atoms with Crippen molar-refractivity contribution in [1.29, 1.82) is 0 Å². The highest BCUT2D eigenvalue weighted by atomic mass is 16.2. The third-order valence-corrected chi connectivity index (χ3v) is 4.10. The summed E-state index contributed by atoms with van der Waals surface area (Å²) in [4.78, 5) is 18.3. The smallest absolute Gasteiger partial charge is 0.225 e. The van der Waals surface area contributed by atoms with Crippen molar-refractivity contribution in [3.63, 3.8) is 0 Å². The van der Waals surface area contributed by atoms with Gasteiger partial charge in [-0.05, 0) is 35.9 Å². The number of carbonyl (C=O) groups is 1. The number of tetrazole rings is 1. The largest absolute Gasteiger partial charge is 0.345 e. The molecule has 3 heterocycles. The molecule has 2 aromatic rings. The number of pyridine rings is 1. The lowest BCUT2D eigenvalue weighted by atomic mass is 10.0. The van der Waals surface area contributed by atoms with Crippen LogP contribution in [0.5, 0.6) is 0 Å². The molecule has 3 rings (SSSR count). The first-order chi connectivity index (χ1) is 10.6. The second-order valence-electron chi connectivity index (χ2n) is 5.79. The Balaban J connectivity index is 1.64. The molecule has 1 unspecified atom stereocenters. The molecule has 7 heteroatoms. The van der Waals surface area contributed by atoms with Crippen LogP contribution in [0.15, 0.2) is 18.2 Å². The zero-order valence-electron chi connectivity index (χ0n) is 12.9. The van der Waals surface area contributed by atoms with E-state index in [1.165, 1.54) is 0 Å². The third-order valence-electron chi connectivity index (χ3n) is 4.10. The maximum Gasteiger partial charge on any atom is 0.225 e. The summed E-state index contributed by atoms with van der Waals surface area (Å²) < 4.78 is 1.79. The molecule has 1 aliphatic heterocycles. The van der Waals surface area contributed by atoms with Crippen molar-refractivity contribution in [3.05, 3.63) is 35.4 Å². The lowest BCUT2D eigenvalue weighted by Gasteiger charge is -2.10. The van der Waals surface area contributed by atoms with E-state index in [-0.39, 0.29) is 11.8 Å². The Bertz CT molecular complexity index is 668. The monoisotopic (exact) mass is 300 g/mol. The normalized spacial score (nSPS) is 18.2. The van der Waals surface area contributed by atoms with Gasteiger partial charge in [-0.3, -0.25) is 9.78 Å². The van der Waals surface area contributed by atoms with Gasteiger partial charge in [0.05, 0.1) is 6.54 Å². The molecule has 1 atom stereocenters. The van der Waals surface area contributed by atoms with Gasteiger partial charge in [0, 0.05) is 43.7 Å². The average molecular weight is 300 g/mol. The number of amides is 1. The predicted molar refractivity (Wildman–Crippen MR) is 79.9 cm³/mol. The first-order valence-electron chi connectivity index (χ1n) is 7.56. The van der Waals surface area contributed by atoms with Gasteiger partial charge in [-0.1, -0.05) is 6.07 Å². The highest BCUT2D eigenvalue weighted by Gasteiger charge is 2.30. The second-order valence-corrected chi connectivity index (χ2v) is 5.79. The third kappa shape index (κ3) is 3.13. The Morgan fingerprint density at radius 2 is 2.23 bits per heavy atom. The van der Waals surface area contributed by atoms with Crippen LogP contribution in [0.3, 0.4) is 0 Å². The molecule has 0 bridgehead atoms. The molecule has 0 saturated carbocycles. The van der Waals surface area contributed by atoms with Crippen LogP contribution in [-0.4, -0.2) is 49.6 Å². The maximum absolute atomic E-state index is 12.0. The van der Waals surface area contributed by atoms with Crippen LogP contribution in [0.2, 0.25) is 0 Å². The van der Waals surface area contributed by atoms with E-state index in [0.29, 0.717) is 13.0 Å². The number of likely N-dealkylation sites (tertiary alicyclic amines) is 1. The zero-order chi connectivity index (χ0) is 15.5. The molecule has 0 spiro atoms. The Kier molecular flexibility index (Phi) is 4.13. The number of carbonyl (C=O) groups excluding carboxylic acids is 1. The molecule has 1 fully saturated rings. The summed E-state index contributed by atoms with van der Waals surface area (Å²) in [6.45, 7) is 3.47. The number of rotatable bonds is 5. The van der Waals surface area contributed by atoms with E-state index in [1.54, 1.807) is 9.58 Å². The summed E-state index contributed by atoms with van der Waals surface area (Å²) in [6.07, 6.45) is 2.26. The number of hydrogen-bond donors (Lipinski definition) is 0. The van der Waals surface area contributed by atoms with Crippen LogP contribution in [0, 0.1) is 12.8 Å². The van der Waals surface area contributed by atoms with Gasteiger partial charge in [0.15, 0.2) is 5.82 Å². The minimum absolute atomic E-state index is 0.00634. The van der Waals surface area contributed by atoms with Gasteiger partial charge in [0.1, 0.15) is 0 Å². The van der Waals surface area contributed by atoms with Crippen LogP contribution in [0.1, 0.15) is 23.6 Å². The molecule has 116 valence electrons. The van der Waals surface area contributed by atoms with Crippen molar-refractivity contribution >= 4 is 5.91 Å². The van der Waals surface area contributed by atoms with Gasteiger partial charge in [0.2, 0.25) is 5.91 Å². The summed E-state index contributed by atoms with van der Waals surface area (Å²) in [6, 6.07) is 5.99. The number of nitrogens with zero attached hydrogens (tertiary/aromatic N) is 6. The highest BCUT2D eigenvalue weighted by molar-refractivity contribution is 5.80. The van der Waals surface area contributed by atoms with E-state index in [9.17, 15) is 4.79 Å². The van der Waals surface area contributed by atoms with Crippen molar-refractivity contribution in [2.24, 2.45) is 5.92 Å². The van der Waals surface area contributed by atoms with Gasteiger partial charge >= 0.3 is 0 Å². The summed E-state index contributed by atoms with van der Waals surface area (Å²) >= 11 is 0. The Labute approximate surface area is 129 Å². The molecular weight excluding hydrogens is 280 g/mol. The van der Waals surface area contributed by atoms with Gasteiger partial charge in [-0.25, -0.2) is 4.68 Å². The van der Waals surface area contributed by atoms with Crippen molar-refractivity contribution in [2.75, 3.05) is 13.6 Å². The molecule has 1 aliphatic rings. The fourth-order valence-electron chi connectivity index (χ4n) is 2.81. The molecule has 1 amide bonds. The van der Waals surface area contributed by atoms with Crippen LogP contribution >= 0.6 is 0 Å². The topological polar surface area (TPSA) is 76.8 Å². The second kappa shape index (κ2) is 6.21. The van der Waals surface area contributed by atoms with Crippen molar-refractivity contribution in [3.8, 4) is 0 Å². The fraction of sp³-hybridized carbons (Fsp3) is 0.533. The van der Waals surface area contributed by atoms with Gasteiger partial charge in [-0.2, -0.15) is 0 Å². The van der Waals surface area contributed by atoms with E-state index in [1.807, 2.05) is 32.2 Å². The first kappa shape index (κ1) is 14.6. The average Bonchev–Trinajstić information content (AvgIpc) is 3.07. The van der Waals surface area contributed by atoms with E-state index in [0.717, 1.165) is 36.6 Å². The van der Waals surface area contributed by atoms with Gasteiger partial charge < -0.3 is 4.90 Å². The van der Waals surface area contributed by atoms with Crippen LogP contribution in [0.4, 0.5) is 0 Å². The van der Waals surface area contributed by atoms with Crippen molar-refractivity contribution in [2.45, 2.75) is 32.7 Å². The molecule has 0 radical (unpaired) electrons. The Hall–Kier alpha value is -2.31. The van der Waals surface area contributed by atoms with E-state index in [2.05, 4.69) is 20.5 Å². The number of hydrogen-bond acceptors (Lipinski definition) is 5. The van der Waals surface area contributed by atoms with Crippen molar-refractivity contribution in [1.82, 2.24) is 30.1 Å². The molecule has 2 aromatic heterocycles. The van der Waals surface area contributed by atoms with Gasteiger partial charge in [0.25, 0.3) is 0 Å². The minimum Gasteiger partial charge on any atom is -0.345 e. The molecular formula is C15H20N6O. The molecule has 7 nitrogen and oxygen atoms in total. The number of aryl methyl sites for hydroxylation is 3. The van der Waals surface area contributed by atoms with Crippen molar-refractivity contribution < 1.29 is 4.79 Å². The van der Waals surface area contributed by atoms with Crippen LogP contribution in [-0.2, 0) is 24.2 Å². The number of aromatic nitrogens is 5. The summed E-state index contributed by atoms with van der Waals surface area (Å²) in [5.41, 5.74) is 2.03. The molecule has 22 heavy (non-hydrogen) atoms. The fourth-order valence-corrected chi connectivity index (χ4v) is 2.81. The van der Waals surface area contributed by atoms with Crippen LogP contribution < -0.4 is 0 Å². The van der Waals surface area contributed by atoms with E-state index >= 15 is 0 Å². The van der Waals surface area contributed by atoms with Gasteiger partial charge in [-0.15, -0.1) is 5.10 Å². The summed E-state index contributed by atoms with van der Waals surface area (Å²) in [7, 11) is 1.84. The maximum atomic E-state index is 12.0. The molecule has 0 aromatic carbocycles. The van der Waals surface area contributed by atoms with E-state index < -0.39 is 0 Å². The van der Waals surface area contributed by atoms with Crippen LogP contribution in [0.25, 0.3) is 0 Å². The predicted octanol–water partition coefficient (Wildman–Crippen LogP) is 0.640. The molecule has 0 aliphatic carbocycles. The summed E-state index contributed by atoms with van der Waals surface area (Å²) in [5, 5.41) is 11.9. The quantitative estimate of drug-likeness (QED) is 0.810. The Morgan fingerprint density at radius 1 is 1.36 bits per heavy atom.